The van der Waals surface area contributed by atoms with E-state index in [0.717, 1.165) is 56.7 Å². The number of aromatic nitrogens is 4. The Kier molecular flexibility index (Phi) is 18.1. The average Bonchev–Trinajstić information content (AvgIpc) is 4.34. The maximum absolute atomic E-state index is 16.1. The van der Waals surface area contributed by atoms with Gasteiger partial charge in [0.2, 0.25) is 11.9 Å². The van der Waals surface area contributed by atoms with Gasteiger partial charge in [-0.2, -0.15) is 31.4 Å². The highest BCUT2D eigenvalue weighted by Gasteiger charge is 2.57. The van der Waals surface area contributed by atoms with Crippen molar-refractivity contribution in [2.75, 3.05) is 52.0 Å². The van der Waals surface area contributed by atoms with Crippen molar-refractivity contribution < 1.29 is 82.4 Å². The number of carbonyl (C=O) groups is 4. The number of benzene rings is 2. The minimum atomic E-state index is -5.22. The highest BCUT2D eigenvalue weighted by Crippen LogP contribution is 2.42. The van der Waals surface area contributed by atoms with Crippen LogP contribution in [0.15, 0.2) is 61.1 Å². The van der Waals surface area contributed by atoms with Gasteiger partial charge in [0.1, 0.15) is 30.3 Å². The number of ether oxygens (including phenoxy) is 3. The van der Waals surface area contributed by atoms with Crippen LogP contribution in [0.1, 0.15) is 45.2 Å². The van der Waals surface area contributed by atoms with Gasteiger partial charge in [0.15, 0.2) is 0 Å². The number of alkyl carbamates (subject to hydrolysis) is 2. The monoisotopic (exact) mass is 1130 g/mol. The van der Waals surface area contributed by atoms with Gasteiger partial charge in [-0.1, -0.05) is 24.3 Å². The number of amides is 4. The summed E-state index contributed by atoms with van der Waals surface area (Å²) in [5, 5.41) is 22.5. The summed E-state index contributed by atoms with van der Waals surface area (Å²) in [5.41, 5.74) is -3.94. The lowest BCUT2D eigenvalue weighted by Crippen LogP contribution is -2.63. The van der Waals surface area contributed by atoms with Gasteiger partial charge in [-0.05, 0) is 69.9 Å². The SMILES string of the molecule is COC(=O)NC(C(=O)N[C@@H](Cc1ccc(-c2cnc(N3C[C@H]4C[C@@H]3CN4C3COC3)nc2)cc1)[C@@H](O)CN(Cc1c(F)cc(-c2ccn(CC(F)F)n2)cc1F)NC(=O)[C@@H](NC(=O)OC)C(C)(C)C(F)(F)F)C(C)(C)C(F)(F)F. The van der Waals surface area contributed by atoms with Crippen molar-refractivity contribution in [1.29, 1.82) is 0 Å². The molecule has 3 fully saturated rings. The number of anilines is 1. The van der Waals surface area contributed by atoms with E-state index >= 15 is 8.78 Å². The normalized spacial score (nSPS) is 18.7. The van der Waals surface area contributed by atoms with Gasteiger partial charge in [-0.3, -0.25) is 24.6 Å². The predicted molar refractivity (Wildman–Crippen MR) is 260 cm³/mol. The molecular weight excluding hydrogens is 1070 g/mol. The Morgan fingerprint density at radius 3 is 1.84 bits per heavy atom. The maximum atomic E-state index is 16.1. The second kappa shape index (κ2) is 23.9. The molecule has 7 rings (SSSR count). The van der Waals surface area contributed by atoms with E-state index in [1.165, 1.54) is 18.2 Å². The van der Waals surface area contributed by atoms with Crippen LogP contribution in [0.25, 0.3) is 22.4 Å². The highest BCUT2D eigenvalue weighted by molar-refractivity contribution is 5.87. The van der Waals surface area contributed by atoms with Gasteiger partial charge < -0.3 is 40.2 Å². The molecule has 4 aromatic rings. The number of nitrogens with zero attached hydrogens (tertiary/aromatic N) is 7. The zero-order valence-electron chi connectivity index (χ0n) is 43.5. The molecule has 0 radical (unpaired) electrons. The molecule has 3 aliphatic heterocycles. The zero-order chi connectivity index (χ0) is 57.9. The van der Waals surface area contributed by atoms with Crippen molar-refractivity contribution in [3.05, 3.63) is 83.8 Å². The minimum absolute atomic E-state index is 0.153. The van der Waals surface area contributed by atoms with Crippen LogP contribution in [-0.2, 0) is 43.3 Å². The summed E-state index contributed by atoms with van der Waals surface area (Å²) in [6.45, 7) is 2.24. The summed E-state index contributed by atoms with van der Waals surface area (Å²) in [5.74, 6) is -5.42. The van der Waals surface area contributed by atoms with Crippen LogP contribution in [0.4, 0.5) is 59.4 Å². The van der Waals surface area contributed by atoms with E-state index in [9.17, 15) is 59.4 Å². The van der Waals surface area contributed by atoms with E-state index < -0.39 is 121 Å². The molecule has 1 unspecified atom stereocenters. The lowest BCUT2D eigenvalue weighted by Gasteiger charge is -2.42. The zero-order valence-corrected chi connectivity index (χ0v) is 43.5. The summed E-state index contributed by atoms with van der Waals surface area (Å²) in [6.07, 6.45) is -13.5. The van der Waals surface area contributed by atoms with Gasteiger partial charge in [0.05, 0.1) is 62.1 Å². The molecule has 0 aliphatic carbocycles. The highest BCUT2D eigenvalue weighted by atomic mass is 19.4. The number of fused-ring (bicyclic) bond motifs is 2. The first-order valence-corrected chi connectivity index (χ1v) is 24.7. The second-order valence-corrected chi connectivity index (χ2v) is 20.6. The molecule has 3 saturated heterocycles. The van der Waals surface area contributed by atoms with Gasteiger partial charge >= 0.3 is 24.5 Å². The van der Waals surface area contributed by atoms with Gasteiger partial charge in [0.25, 0.3) is 12.3 Å². The first kappa shape index (κ1) is 59.8. The largest absolute Gasteiger partial charge is 0.453 e. The quantitative estimate of drug-likeness (QED) is 0.0496. The number of halogens is 10. The van der Waals surface area contributed by atoms with Crippen LogP contribution in [-0.4, -0.2) is 167 Å². The fourth-order valence-electron chi connectivity index (χ4n) is 9.46. The number of nitrogens with one attached hydrogen (secondary N) is 4. The molecule has 5 N–H and O–H groups in total. The number of carbonyl (C=O) groups excluding carboxylic acids is 4. The molecule has 3 aliphatic rings. The van der Waals surface area contributed by atoms with E-state index in [1.54, 1.807) is 29.8 Å². The van der Waals surface area contributed by atoms with Crippen molar-refractivity contribution in [2.45, 2.75) is 115 Å². The summed E-state index contributed by atoms with van der Waals surface area (Å²) in [4.78, 5) is 66.8. The van der Waals surface area contributed by atoms with Crippen molar-refractivity contribution in [1.82, 2.24) is 51.0 Å². The Morgan fingerprint density at radius 2 is 1.34 bits per heavy atom. The summed E-state index contributed by atoms with van der Waals surface area (Å²) >= 11 is 0. The number of hydrazine groups is 1. The van der Waals surface area contributed by atoms with Gasteiger partial charge in [0, 0.05) is 73.5 Å². The van der Waals surface area contributed by atoms with Crippen LogP contribution >= 0.6 is 0 Å². The molecule has 2 aromatic carbocycles. The van der Waals surface area contributed by atoms with Crippen molar-refractivity contribution >= 4 is 29.9 Å². The standard InChI is InChI=1S/C50H59F10N11O8/c1-47(2,49(55,56)57)40(64-45(75)77-5)42(73)63-37(13-26-7-9-27(10-8-26)29-17-61-44(62-18-29)71-20-30-16-31(71)19-70(30)32-24-79-25-32)38(72)22-69(67-43(74)41(65-46(76)78-6)48(3,4)50(58,59)60)21-33-34(51)14-28(15-35(33)52)36-11-12-68(66-36)23-39(53)54/h7-12,14-15,17-18,30-32,37-41,72H,13,16,19-25H2,1-6H3,(H,63,73)(H,64,75)(H,65,76)(H,67,74)/t30-,31-,37+,38+,40?,41-/m1/s1. The second-order valence-electron chi connectivity index (χ2n) is 20.6. The van der Waals surface area contributed by atoms with Crippen LogP contribution in [0, 0.1) is 22.5 Å². The molecule has 4 amide bonds. The lowest BCUT2D eigenvalue weighted by atomic mass is 9.82. The topological polar surface area (TPSA) is 218 Å². The van der Waals surface area contributed by atoms with Crippen LogP contribution < -0.4 is 26.3 Å². The number of piperazine rings is 1. The molecule has 19 nitrogen and oxygen atoms in total. The van der Waals surface area contributed by atoms with Crippen molar-refractivity contribution in [2.24, 2.45) is 10.8 Å². The molecular formula is C50H59F10N11O8. The van der Waals surface area contributed by atoms with Gasteiger partial charge in [-0.25, -0.2) is 42.1 Å². The number of alkyl halides is 8. The van der Waals surface area contributed by atoms with E-state index in [2.05, 4.69) is 45.1 Å². The van der Waals surface area contributed by atoms with E-state index in [1.807, 2.05) is 5.32 Å². The summed E-state index contributed by atoms with van der Waals surface area (Å²) < 4.78 is 161. The summed E-state index contributed by atoms with van der Waals surface area (Å²) in [7, 11) is 1.61. The molecule has 29 heteroatoms. The fourth-order valence-corrected chi connectivity index (χ4v) is 9.46. The molecule has 6 atom stereocenters. The first-order valence-electron chi connectivity index (χ1n) is 24.7. The van der Waals surface area contributed by atoms with Crippen molar-refractivity contribution in [3.8, 4) is 22.4 Å². The third kappa shape index (κ3) is 13.6. The number of likely N-dealkylation sites (tertiary alicyclic amines) is 1. The smallest absolute Gasteiger partial charge is 0.407 e. The molecule has 2 aromatic heterocycles. The third-order valence-corrected chi connectivity index (χ3v) is 14.6. The number of hydrogen-bond donors (Lipinski definition) is 5. The Labute approximate surface area is 446 Å². The number of rotatable bonds is 21. The Bertz CT molecular complexity index is 2780. The fraction of sp³-hybridized carbons (Fsp3) is 0.540. The Balaban J connectivity index is 1.20. The Morgan fingerprint density at radius 1 is 0.772 bits per heavy atom. The molecule has 2 bridgehead atoms. The van der Waals surface area contributed by atoms with E-state index in [4.69, 9.17) is 4.74 Å². The number of hydrogen-bond acceptors (Lipinski definition) is 14. The molecule has 0 spiro atoms. The molecule has 0 saturated carbocycles. The minimum Gasteiger partial charge on any atom is -0.453 e. The average molecular weight is 1130 g/mol. The first-order chi connectivity index (χ1) is 37.0. The molecule has 432 valence electrons. The number of aliphatic hydroxyl groups excluding tert-OH is 1. The lowest BCUT2D eigenvalue weighted by molar-refractivity contribution is -0.221. The summed E-state index contributed by atoms with van der Waals surface area (Å²) in [6, 6.07) is 3.17. The van der Waals surface area contributed by atoms with Crippen LogP contribution in [0.5, 0.6) is 0 Å². The molecule has 5 heterocycles. The Hall–Kier alpha value is -6.85. The van der Waals surface area contributed by atoms with E-state index in [-0.39, 0.29) is 17.3 Å². The third-order valence-electron chi connectivity index (χ3n) is 14.6. The number of aliphatic hydroxyl groups is 1. The van der Waals surface area contributed by atoms with E-state index in [0.29, 0.717) is 80.6 Å². The number of methoxy groups -OCH3 is 2. The van der Waals surface area contributed by atoms with Crippen LogP contribution in [0.2, 0.25) is 0 Å². The van der Waals surface area contributed by atoms with Crippen LogP contribution in [0.3, 0.4) is 0 Å². The van der Waals surface area contributed by atoms with Crippen molar-refractivity contribution in [3.63, 3.8) is 0 Å². The predicted octanol–water partition coefficient (Wildman–Crippen LogP) is 5.76. The maximum Gasteiger partial charge on any atom is 0.407 e. The van der Waals surface area contributed by atoms with Gasteiger partial charge in [-0.15, -0.1) is 0 Å². The molecule has 79 heavy (non-hydrogen) atoms.